The van der Waals surface area contributed by atoms with E-state index >= 15 is 0 Å². The van der Waals surface area contributed by atoms with Crippen LogP contribution in [0, 0.1) is 12.8 Å². The van der Waals surface area contributed by atoms with Gasteiger partial charge in [-0.25, -0.2) is 0 Å². The van der Waals surface area contributed by atoms with Crippen LogP contribution in [0.25, 0.3) is 0 Å². The molecule has 21 heavy (non-hydrogen) atoms. The Labute approximate surface area is 129 Å². The number of anilines is 1. The maximum absolute atomic E-state index is 11.8. The number of aryl methyl sites for hydroxylation is 1. The van der Waals surface area contributed by atoms with E-state index in [1.165, 1.54) is 0 Å². The van der Waals surface area contributed by atoms with E-state index in [1.54, 1.807) is 18.2 Å². The highest BCUT2D eigenvalue weighted by Crippen LogP contribution is 2.22. The summed E-state index contributed by atoms with van der Waals surface area (Å²) in [4.78, 5) is 23.6. The van der Waals surface area contributed by atoms with Crippen LogP contribution in [0.1, 0.15) is 25.8 Å². The Morgan fingerprint density at radius 2 is 1.95 bits per heavy atom. The van der Waals surface area contributed by atoms with Gasteiger partial charge in [0.2, 0.25) is 0 Å². The number of carbonyl (C=O) groups is 2. The normalized spacial score (nSPS) is 12.1. The van der Waals surface area contributed by atoms with Crippen LogP contribution in [-0.2, 0) is 9.59 Å². The summed E-state index contributed by atoms with van der Waals surface area (Å²) in [6.45, 7) is 5.62. The van der Waals surface area contributed by atoms with E-state index in [1.807, 2.05) is 20.8 Å². The van der Waals surface area contributed by atoms with Crippen LogP contribution < -0.4 is 10.6 Å². The van der Waals surface area contributed by atoms with Gasteiger partial charge in [-0.15, -0.1) is 0 Å². The summed E-state index contributed by atoms with van der Waals surface area (Å²) in [5.41, 5.74) is 1.34. The van der Waals surface area contributed by atoms with E-state index in [9.17, 15) is 14.7 Å². The van der Waals surface area contributed by atoms with E-state index in [2.05, 4.69) is 10.6 Å². The van der Waals surface area contributed by atoms with Crippen molar-refractivity contribution in [2.24, 2.45) is 5.92 Å². The molecule has 116 valence electrons. The Morgan fingerprint density at radius 1 is 1.29 bits per heavy atom. The SMILES string of the molecule is Cc1ccc(NC(=O)C(=O)NC(CO)CC(C)C)c(Cl)c1. The molecule has 1 atom stereocenters. The minimum absolute atomic E-state index is 0.206. The summed E-state index contributed by atoms with van der Waals surface area (Å²) in [6, 6.07) is 4.69. The molecule has 0 aromatic heterocycles. The van der Waals surface area contributed by atoms with Crippen molar-refractivity contribution in [3.05, 3.63) is 28.8 Å². The fourth-order valence-electron chi connectivity index (χ4n) is 1.90. The number of carbonyl (C=O) groups excluding carboxylic acids is 2. The van der Waals surface area contributed by atoms with Gasteiger partial charge in [-0.1, -0.05) is 31.5 Å². The molecule has 1 rings (SSSR count). The molecule has 0 heterocycles. The van der Waals surface area contributed by atoms with Crippen LogP contribution in [0.5, 0.6) is 0 Å². The largest absolute Gasteiger partial charge is 0.394 e. The molecule has 6 heteroatoms. The standard InChI is InChI=1S/C15H21ClN2O3/c1-9(2)6-11(8-19)17-14(20)15(21)18-13-5-4-10(3)7-12(13)16/h4-5,7,9,11,19H,6,8H2,1-3H3,(H,17,20)(H,18,21). The number of aliphatic hydroxyl groups is 1. The summed E-state index contributed by atoms with van der Waals surface area (Å²) >= 11 is 5.99. The average molecular weight is 313 g/mol. The van der Waals surface area contributed by atoms with Gasteiger partial charge in [-0.2, -0.15) is 0 Å². The molecule has 1 aromatic carbocycles. The van der Waals surface area contributed by atoms with Gasteiger partial charge in [0.15, 0.2) is 0 Å². The Hall–Kier alpha value is -1.59. The molecule has 0 aliphatic rings. The molecule has 0 saturated heterocycles. The van der Waals surface area contributed by atoms with Crippen LogP contribution in [0.15, 0.2) is 18.2 Å². The maximum atomic E-state index is 11.8. The summed E-state index contributed by atoms with van der Waals surface area (Å²) in [6.07, 6.45) is 0.598. The second kappa shape index (κ2) is 8.00. The van der Waals surface area contributed by atoms with Crippen LogP contribution in [0.3, 0.4) is 0 Å². The van der Waals surface area contributed by atoms with Crippen molar-refractivity contribution in [1.29, 1.82) is 0 Å². The third-order valence-electron chi connectivity index (χ3n) is 2.89. The number of rotatable bonds is 5. The van der Waals surface area contributed by atoms with E-state index in [4.69, 9.17) is 11.6 Å². The molecular formula is C15H21ClN2O3. The molecule has 0 saturated carbocycles. The minimum atomic E-state index is -0.803. The van der Waals surface area contributed by atoms with Crippen molar-refractivity contribution in [3.8, 4) is 0 Å². The summed E-state index contributed by atoms with van der Waals surface area (Å²) in [5, 5.41) is 14.5. The monoisotopic (exact) mass is 312 g/mol. The molecule has 1 unspecified atom stereocenters. The van der Waals surface area contributed by atoms with Crippen molar-refractivity contribution in [2.75, 3.05) is 11.9 Å². The van der Waals surface area contributed by atoms with Gasteiger partial charge in [0.05, 0.1) is 23.4 Å². The van der Waals surface area contributed by atoms with Crippen molar-refractivity contribution in [2.45, 2.75) is 33.2 Å². The van der Waals surface area contributed by atoms with Crippen LogP contribution in [-0.4, -0.2) is 29.6 Å². The zero-order valence-corrected chi connectivity index (χ0v) is 13.2. The number of amides is 2. The average Bonchev–Trinajstić information content (AvgIpc) is 2.40. The molecule has 1 aromatic rings. The van der Waals surface area contributed by atoms with Crippen molar-refractivity contribution in [1.82, 2.24) is 5.32 Å². The Kier molecular flexibility index (Phi) is 6.65. The molecule has 0 radical (unpaired) electrons. The predicted octanol–water partition coefficient (Wildman–Crippen LogP) is 2.11. The second-order valence-corrected chi connectivity index (χ2v) is 5.83. The zero-order chi connectivity index (χ0) is 16.0. The third kappa shape index (κ3) is 5.73. The Bertz CT molecular complexity index is 518. The van der Waals surface area contributed by atoms with Crippen molar-refractivity contribution < 1.29 is 14.7 Å². The number of nitrogens with one attached hydrogen (secondary N) is 2. The number of aliphatic hydroxyl groups excluding tert-OH is 1. The molecule has 0 spiro atoms. The van der Waals surface area contributed by atoms with E-state index in [0.29, 0.717) is 23.0 Å². The number of benzene rings is 1. The Balaban J connectivity index is 2.64. The maximum Gasteiger partial charge on any atom is 0.313 e. The van der Waals surface area contributed by atoms with Crippen molar-refractivity contribution in [3.63, 3.8) is 0 Å². The van der Waals surface area contributed by atoms with Gasteiger partial charge in [0.1, 0.15) is 0 Å². The quantitative estimate of drug-likeness (QED) is 0.729. The highest BCUT2D eigenvalue weighted by Gasteiger charge is 2.19. The lowest BCUT2D eigenvalue weighted by molar-refractivity contribution is -0.136. The van der Waals surface area contributed by atoms with E-state index in [-0.39, 0.29) is 6.61 Å². The third-order valence-corrected chi connectivity index (χ3v) is 3.20. The number of hydrogen-bond donors (Lipinski definition) is 3. The minimum Gasteiger partial charge on any atom is -0.394 e. The van der Waals surface area contributed by atoms with Gasteiger partial charge in [0.25, 0.3) is 0 Å². The molecule has 5 nitrogen and oxygen atoms in total. The first kappa shape index (κ1) is 17.5. The van der Waals surface area contributed by atoms with Gasteiger partial charge >= 0.3 is 11.8 Å². The Morgan fingerprint density at radius 3 is 2.48 bits per heavy atom. The highest BCUT2D eigenvalue weighted by atomic mass is 35.5. The van der Waals surface area contributed by atoms with E-state index in [0.717, 1.165) is 5.56 Å². The van der Waals surface area contributed by atoms with Gasteiger partial charge in [-0.05, 0) is 37.0 Å². The van der Waals surface area contributed by atoms with Crippen LogP contribution in [0.4, 0.5) is 5.69 Å². The zero-order valence-electron chi connectivity index (χ0n) is 12.4. The first-order valence-electron chi connectivity index (χ1n) is 6.82. The summed E-state index contributed by atoms with van der Waals surface area (Å²) in [5.74, 6) is -1.29. The first-order valence-corrected chi connectivity index (χ1v) is 7.20. The van der Waals surface area contributed by atoms with Crippen LogP contribution in [0.2, 0.25) is 5.02 Å². The molecule has 0 fully saturated rings. The topological polar surface area (TPSA) is 78.4 Å². The second-order valence-electron chi connectivity index (χ2n) is 5.42. The smallest absolute Gasteiger partial charge is 0.313 e. The fraction of sp³-hybridized carbons (Fsp3) is 0.467. The number of hydrogen-bond acceptors (Lipinski definition) is 3. The van der Waals surface area contributed by atoms with Gasteiger partial charge in [-0.3, -0.25) is 9.59 Å². The molecule has 0 aliphatic heterocycles. The lowest BCUT2D eigenvalue weighted by Crippen LogP contribution is -2.44. The molecular weight excluding hydrogens is 292 g/mol. The lowest BCUT2D eigenvalue weighted by Gasteiger charge is -2.18. The summed E-state index contributed by atoms with van der Waals surface area (Å²) in [7, 11) is 0. The fourth-order valence-corrected chi connectivity index (χ4v) is 2.18. The van der Waals surface area contributed by atoms with Crippen LogP contribution >= 0.6 is 11.6 Å². The first-order chi connectivity index (χ1) is 9.83. The van der Waals surface area contributed by atoms with Gasteiger partial charge < -0.3 is 15.7 Å². The molecule has 2 amide bonds. The van der Waals surface area contributed by atoms with E-state index < -0.39 is 17.9 Å². The summed E-state index contributed by atoms with van der Waals surface area (Å²) < 4.78 is 0. The molecule has 0 aliphatic carbocycles. The molecule has 0 bridgehead atoms. The highest BCUT2D eigenvalue weighted by molar-refractivity contribution is 6.41. The number of halogens is 1. The molecule has 3 N–H and O–H groups in total. The van der Waals surface area contributed by atoms with Gasteiger partial charge in [0, 0.05) is 0 Å². The lowest BCUT2D eigenvalue weighted by atomic mass is 10.0. The van der Waals surface area contributed by atoms with Crippen molar-refractivity contribution >= 4 is 29.1 Å². The predicted molar refractivity (Wildman–Crippen MR) is 83.3 cm³/mol.